The van der Waals surface area contributed by atoms with Crippen molar-refractivity contribution in [2.45, 2.75) is 38.3 Å². The Morgan fingerprint density at radius 3 is 3.00 bits per heavy atom. The first-order chi connectivity index (χ1) is 7.67. The van der Waals surface area contributed by atoms with Gasteiger partial charge < -0.3 is 9.64 Å². The molecular weight excluding hydrogens is 204 g/mol. The molecule has 0 spiro atoms. The van der Waals surface area contributed by atoms with Crippen LogP contribution < -0.4 is 0 Å². The average molecular weight is 222 g/mol. The fourth-order valence-electron chi connectivity index (χ4n) is 2.39. The number of methoxy groups -OCH3 is 1. The summed E-state index contributed by atoms with van der Waals surface area (Å²) in [5.41, 5.74) is 1.08. The maximum atomic E-state index is 12.1. The number of carbonyl (C=O) groups excluding carboxylic acids is 1. The van der Waals surface area contributed by atoms with Crippen molar-refractivity contribution in [1.82, 2.24) is 4.90 Å². The third kappa shape index (κ3) is 1.72. The molecule has 0 aromatic carbocycles. The highest BCUT2D eigenvalue weighted by Crippen LogP contribution is 2.28. The molecule has 16 heavy (non-hydrogen) atoms. The maximum absolute atomic E-state index is 12.1. The molecule has 88 valence electrons. The highest BCUT2D eigenvalue weighted by atomic mass is 16.5. The van der Waals surface area contributed by atoms with Gasteiger partial charge in [-0.3, -0.25) is 4.79 Å². The molecule has 0 radical (unpaired) electrons. The van der Waals surface area contributed by atoms with E-state index in [0.29, 0.717) is 12.4 Å². The van der Waals surface area contributed by atoms with Crippen molar-refractivity contribution in [3.63, 3.8) is 0 Å². The Labute approximate surface area is 96.0 Å². The van der Waals surface area contributed by atoms with Crippen LogP contribution in [0.1, 0.15) is 26.2 Å². The highest BCUT2D eigenvalue weighted by molar-refractivity contribution is 5.96. The van der Waals surface area contributed by atoms with E-state index in [4.69, 9.17) is 4.74 Å². The van der Waals surface area contributed by atoms with Crippen molar-refractivity contribution in [2.75, 3.05) is 13.7 Å². The molecule has 1 saturated heterocycles. The van der Waals surface area contributed by atoms with E-state index < -0.39 is 0 Å². The molecule has 2 aliphatic heterocycles. The number of nitrogens with zero attached hydrogens (tertiary/aromatic N) is 2. The zero-order valence-electron chi connectivity index (χ0n) is 9.90. The van der Waals surface area contributed by atoms with E-state index in [1.165, 1.54) is 0 Å². The van der Waals surface area contributed by atoms with Gasteiger partial charge in [-0.15, -0.1) is 0 Å². The van der Waals surface area contributed by atoms with E-state index in [-0.39, 0.29) is 18.0 Å². The number of aliphatic imine (C=N–C) groups is 1. The Morgan fingerprint density at radius 2 is 2.38 bits per heavy atom. The lowest BCUT2D eigenvalue weighted by molar-refractivity contribution is -0.133. The molecular formula is C12H18N2O2. The molecule has 0 saturated carbocycles. The summed E-state index contributed by atoms with van der Waals surface area (Å²) in [6.45, 7) is 6.67. The zero-order valence-corrected chi connectivity index (χ0v) is 9.90. The Morgan fingerprint density at radius 1 is 1.62 bits per heavy atom. The van der Waals surface area contributed by atoms with E-state index in [1.54, 1.807) is 7.11 Å². The molecule has 4 heteroatoms. The van der Waals surface area contributed by atoms with Crippen molar-refractivity contribution >= 4 is 11.8 Å². The Hall–Kier alpha value is -1.32. The monoisotopic (exact) mass is 222 g/mol. The molecule has 1 amide bonds. The Bertz CT molecular complexity index is 349. The fourth-order valence-corrected chi connectivity index (χ4v) is 2.39. The molecule has 2 rings (SSSR count). The van der Waals surface area contributed by atoms with E-state index in [0.717, 1.165) is 24.8 Å². The minimum atomic E-state index is -0.248. The first kappa shape index (κ1) is 11.2. The fraction of sp³-hybridized carbons (Fsp3) is 0.667. The zero-order chi connectivity index (χ0) is 11.7. The summed E-state index contributed by atoms with van der Waals surface area (Å²) in [4.78, 5) is 18.4. The van der Waals surface area contributed by atoms with Gasteiger partial charge in [0.05, 0.1) is 7.11 Å². The van der Waals surface area contributed by atoms with Crippen molar-refractivity contribution in [3.05, 3.63) is 12.2 Å². The summed E-state index contributed by atoms with van der Waals surface area (Å²) in [5.74, 6) is 0.822. The van der Waals surface area contributed by atoms with Gasteiger partial charge in [-0.2, -0.15) is 0 Å². The summed E-state index contributed by atoms with van der Waals surface area (Å²) in [5, 5.41) is 0. The minimum absolute atomic E-state index is 0.00175. The third-order valence-electron chi connectivity index (χ3n) is 3.16. The quantitative estimate of drug-likeness (QED) is 0.662. The van der Waals surface area contributed by atoms with Gasteiger partial charge in [0.2, 0.25) is 11.8 Å². The summed E-state index contributed by atoms with van der Waals surface area (Å²) < 4.78 is 5.29. The van der Waals surface area contributed by atoms with E-state index in [9.17, 15) is 4.79 Å². The molecule has 2 aliphatic rings. The molecule has 0 unspecified atom stereocenters. The largest absolute Gasteiger partial charge is 0.483 e. The maximum Gasteiger partial charge on any atom is 0.248 e. The van der Waals surface area contributed by atoms with Crippen molar-refractivity contribution < 1.29 is 9.53 Å². The van der Waals surface area contributed by atoms with Crippen LogP contribution in [0.4, 0.5) is 0 Å². The summed E-state index contributed by atoms with van der Waals surface area (Å²) in [6.07, 6.45) is 2.54. The van der Waals surface area contributed by atoms with Crippen LogP contribution in [-0.4, -0.2) is 42.4 Å². The standard InChI is InChI=1S/C12H18N2O2/c1-4-5-9-12(15)14-7-8(2)6-10(14)11(13-9)16-3/h9-10H,2,4-7H2,1,3H3/t9-,10+/m0/s1. The lowest BCUT2D eigenvalue weighted by Gasteiger charge is -2.32. The lowest BCUT2D eigenvalue weighted by Crippen LogP contribution is -2.50. The number of hydrogen-bond donors (Lipinski definition) is 0. The molecule has 0 bridgehead atoms. The number of carbonyl (C=O) groups is 1. The molecule has 2 heterocycles. The second-order valence-corrected chi connectivity index (χ2v) is 4.41. The topological polar surface area (TPSA) is 41.9 Å². The van der Waals surface area contributed by atoms with E-state index >= 15 is 0 Å². The second kappa shape index (κ2) is 4.28. The predicted octanol–water partition coefficient (Wildman–Crippen LogP) is 1.37. The van der Waals surface area contributed by atoms with Gasteiger partial charge in [0.25, 0.3) is 0 Å². The van der Waals surface area contributed by atoms with Crippen molar-refractivity contribution in [2.24, 2.45) is 4.99 Å². The number of amides is 1. The van der Waals surface area contributed by atoms with Gasteiger partial charge in [0.1, 0.15) is 12.1 Å². The molecule has 0 aromatic rings. The van der Waals surface area contributed by atoms with Gasteiger partial charge in [0, 0.05) is 6.54 Å². The number of hydrogen-bond acceptors (Lipinski definition) is 3. The van der Waals surface area contributed by atoms with Crippen LogP contribution in [-0.2, 0) is 9.53 Å². The van der Waals surface area contributed by atoms with Gasteiger partial charge in [0.15, 0.2) is 0 Å². The van der Waals surface area contributed by atoms with Crippen LogP contribution in [0.5, 0.6) is 0 Å². The number of rotatable bonds is 2. The van der Waals surface area contributed by atoms with E-state index in [1.807, 2.05) is 4.90 Å². The minimum Gasteiger partial charge on any atom is -0.483 e. The number of fused-ring (bicyclic) bond motifs is 1. The van der Waals surface area contributed by atoms with Gasteiger partial charge >= 0.3 is 0 Å². The van der Waals surface area contributed by atoms with Crippen LogP contribution >= 0.6 is 0 Å². The molecule has 0 aliphatic carbocycles. The van der Waals surface area contributed by atoms with Crippen molar-refractivity contribution in [3.8, 4) is 0 Å². The van der Waals surface area contributed by atoms with Crippen LogP contribution in [0.15, 0.2) is 17.1 Å². The van der Waals surface area contributed by atoms with Crippen LogP contribution in [0, 0.1) is 0 Å². The number of ether oxygens (including phenoxy) is 1. The Balaban J connectivity index is 2.27. The van der Waals surface area contributed by atoms with Gasteiger partial charge in [-0.05, 0) is 12.8 Å². The Kier molecular flexibility index (Phi) is 2.99. The second-order valence-electron chi connectivity index (χ2n) is 4.41. The molecule has 0 N–H and O–H groups in total. The van der Waals surface area contributed by atoms with Gasteiger partial charge in [-0.25, -0.2) is 4.99 Å². The summed E-state index contributed by atoms with van der Waals surface area (Å²) >= 11 is 0. The molecule has 2 atom stereocenters. The smallest absolute Gasteiger partial charge is 0.248 e. The van der Waals surface area contributed by atoms with Crippen LogP contribution in [0.2, 0.25) is 0 Å². The first-order valence-corrected chi connectivity index (χ1v) is 5.76. The summed E-state index contributed by atoms with van der Waals surface area (Å²) in [7, 11) is 1.62. The lowest BCUT2D eigenvalue weighted by atomic mass is 10.1. The SMILES string of the molecule is C=C1C[C@@H]2C(OC)=N[C@@H](CCC)C(=O)N2C1. The normalized spacial score (nSPS) is 29.1. The molecule has 4 nitrogen and oxygen atoms in total. The van der Waals surface area contributed by atoms with Crippen LogP contribution in [0.3, 0.4) is 0 Å². The third-order valence-corrected chi connectivity index (χ3v) is 3.16. The molecule has 1 fully saturated rings. The average Bonchev–Trinajstić information content (AvgIpc) is 2.65. The van der Waals surface area contributed by atoms with E-state index in [2.05, 4.69) is 18.5 Å². The van der Waals surface area contributed by atoms with Crippen LogP contribution in [0.25, 0.3) is 0 Å². The van der Waals surface area contributed by atoms with Gasteiger partial charge in [-0.1, -0.05) is 25.5 Å². The molecule has 0 aromatic heterocycles. The first-order valence-electron chi connectivity index (χ1n) is 5.76. The van der Waals surface area contributed by atoms with Crippen molar-refractivity contribution in [1.29, 1.82) is 0 Å². The highest BCUT2D eigenvalue weighted by Gasteiger charge is 2.41. The predicted molar refractivity (Wildman–Crippen MR) is 62.4 cm³/mol. The summed E-state index contributed by atoms with van der Waals surface area (Å²) in [6, 6.07) is -0.250.